The molecule has 8 nitrogen and oxygen atoms in total. The maximum absolute atomic E-state index is 12.6. The van der Waals surface area contributed by atoms with Crippen LogP contribution in [0.1, 0.15) is 17.0 Å². The summed E-state index contributed by atoms with van der Waals surface area (Å²) in [5.41, 5.74) is -2.44. The largest absolute Gasteiger partial charge is 0.507 e. The van der Waals surface area contributed by atoms with Gasteiger partial charge >= 0.3 is 11.6 Å². The molecule has 10 heteroatoms. The van der Waals surface area contributed by atoms with Crippen molar-refractivity contribution >= 4 is 45.9 Å². The summed E-state index contributed by atoms with van der Waals surface area (Å²) in [6, 6.07) is 8.19. The quantitative estimate of drug-likeness (QED) is 0.443. The SMILES string of the molecule is O=C(O)C(C1=C(O)c2cc(Cl)ccc2OC1O)c1c(O)c2cc(Cl)ccc2oc1=O. The predicted molar refractivity (Wildman–Crippen MR) is 107 cm³/mol. The highest BCUT2D eigenvalue weighted by molar-refractivity contribution is 6.31. The Morgan fingerprint density at radius 2 is 1.73 bits per heavy atom. The lowest BCUT2D eigenvalue weighted by Gasteiger charge is -2.28. The van der Waals surface area contributed by atoms with Crippen LogP contribution in [0.4, 0.5) is 0 Å². The minimum Gasteiger partial charge on any atom is -0.507 e. The van der Waals surface area contributed by atoms with E-state index in [1.54, 1.807) is 0 Å². The topological polar surface area (TPSA) is 137 Å². The summed E-state index contributed by atoms with van der Waals surface area (Å²) >= 11 is 11.9. The number of carbonyl (C=O) groups is 1. The van der Waals surface area contributed by atoms with Crippen molar-refractivity contribution in [3.63, 3.8) is 0 Å². The molecular formula is C20H12Cl2O8. The van der Waals surface area contributed by atoms with Crippen LogP contribution in [0.2, 0.25) is 10.0 Å². The molecule has 4 rings (SSSR count). The van der Waals surface area contributed by atoms with Gasteiger partial charge in [-0.1, -0.05) is 23.2 Å². The second-order valence-corrected chi connectivity index (χ2v) is 7.35. The van der Waals surface area contributed by atoms with Crippen molar-refractivity contribution in [3.8, 4) is 11.5 Å². The summed E-state index contributed by atoms with van der Waals surface area (Å²) in [6.45, 7) is 0. The van der Waals surface area contributed by atoms with Gasteiger partial charge in [0.25, 0.3) is 0 Å². The number of carboxylic acid groups (broad SMARTS) is 1. The average molecular weight is 451 g/mol. The van der Waals surface area contributed by atoms with Gasteiger partial charge in [0.15, 0.2) is 0 Å². The second-order valence-electron chi connectivity index (χ2n) is 6.48. The van der Waals surface area contributed by atoms with Crippen molar-refractivity contribution in [2.75, 3.05) is 0 Å². The number of hydrogen-bond acceptors (Lipinski definition) is 7. The summed E-state index contributed by atoms with van der Waals surface area (Å²) in [5.74, 6) is -4.94. The van der Waals surface area contributed by atoms with Gasteiger partial charge in [0.1, 0.15) is 28.8 Å². The molecule has 30 heavy (non-hydrogen) atoms. The zero-order valence-electron chi connectivity index (χ0n) is 14.8. The minimum absolute atomic E-state index is 0.0155. The van der Waals surface area contributed by atoms with E-state index >= 15 is 0 Å². The smallest absolute Gasteiger partial charge is 0.344 e. The monoisotopic (exact) mass is 450 g/mol. The number of aliphatic hydroxyl groups is 2. The number of halogens is 2. The lowest BCUT2D eigenvalue weighted by Crippen LogP contribution is -2.33. The molecule has 0 fully saturated rings. The van der Waals surface area contributed by atoms with E-state index in [9.17, 15) is 30.0 Å². The van der Waals surface area contributed by atoms with Crippen molar-refractivity contribution in [2.24, 2.45) is 0 Å². The van der Waals surface area contributed by atoms with Gasteiger partial charge in [0.05, 0.1) is 22.1 Å². The van der Waals surface area contributed by atoms with Gasteiger partial charge in [-0.2, -0.15) is 0 Å². The first-order chi connectivity index (χ1) is 14.2. The van der Waals surface area contributed by atoms with Crippen molar-refractivity contribution in [2.45, 2.75) is 12.2 Å². The maximum atomic E-state index is 12.6. The second kappa shape index (κ2) is 7.24. The summed E-state index contributed by atoms with van der Waals surface area (Å²) in [6.07, 6.45) is -1.92. The van der Waals surface area contributed by atoms with Crippen molar-refractivity contribution in [3.05, 3.63) is 73.6 Å². The molecule has 2 heterocycles. The third-order valence-corrected chi connectivity index (χ3v) is 5.17. The minimum atomic E-state index is -1.99. The van der Waals surface area contributed by atoms with Crippen LogP contribution in [0, 0.1) is 0 Å². The molecule has 1 aromatic heterocycles. The summed E-state index contributed by atoms with van der Waals surface area (Å²) < 4.78 is 10.4. The molecule has 2 unspecified atom stereocenters. The Balaban J connectivity index is 2.02. The molecule has 0 saturated heterocycles. The summed E-state index contributed by atoms with van der Waals surface area (Å²) in [4.78, 5) is 24.7. The molecule has 0 radical (unpaired) electrons. The third-order valence-electron chi connectivity index (χ3n) is 4.70. The first-order valence-electron chi connectivity index (χ1n) is 8.44. The number of ether oxygens (including phenoxy) is 1. The van der Waals surface area contributed by atoms with Gasteiger partial charge in [-0.05, 0) is 36.4 Å². The molecule has 0 spiro atoms. The van der Waals surface area contributed by atoms with Gasteiger partial charge in [-0.3, -0.25) is 4.79 Å². The van der Waals surface area contributed by atoms with Crippen molar-refractivity contribution in [1.82, 2.24) is 0 Å². The first-order valence-corrected chi connectivity index (χ1v) is 9.20. The van der Waals surface area contributed by atoms with Crippen molar-refractivity contribution < 1.29 is 34.4 Å². The van der Waals surface area contributed by atoms with Crippen LogP contribution >= 0.6 is 23.2 Å². The molecule has 0 bridgehead atoms. The normalized spacial score (nSPS) is 16.8. The van der Waals surface area contributed by atoms with Crippen LogP contribution in [-0.2, 0) is 4.79 Å². The number of fused-ring (bicyclic) bond motifs is 2. The fourth-order valence-corrected chi connectivity index (χ4v) is 3.71. The highest BCUT2D eigenvalue weighted by Gasteiger charge is 2.41. The summed E-state index contributed by atoms with van der Waals surface area (Å²) in [7, 11) is 0. The lowest BCUT2D eigenvalue weighted by molar-refractivity contribution is -0.139. The molecule has 4 N–H and O–H groups in total. The van der Waals surface area contributed by atoms with E-state index in [2.05, 4.69) is 0 Å². The van der Waals surface area contributed by atoms with Crippen LogP contribution in [0.15, 0.2) is 51.2 Å². The Bertz CT molecular complexity index is 1290. The Kier molecular flexibility index (Phi) is 4.85. The fraction of sp³-hybridized carbons (Fsp3) is 0.100. The molecule has 154 valence electrons. The Hall–Kier alpha value is -3.20. The van der Waals surface area contributed by atoms with Crippen LogP contribution in [0.5, 0.6) is 11.5 Å². The van der Waals surface area contributed by atoms with Crippen LogP contribution in [-0.4, -0.2) is 32.7 Å². The molecule has 0 saturated carbocycles. The van der Waals surface area contributed by atoms with Crippen molar-refractivity contribution in [1.29, 1.82) is 0 Å². The molecule has 2 aromatic carbocycles. The van der Waals surface area contributed by atoms with Crippen LogP contribution in [0.25, 0.3) is 16.7 Å². The van der Waals surface area contributed by atoms with Gasteiger partial charge < -0.3 is 29.6 Å². The first kappa shape index (κ1) is 20.1. The van der Waals surface area contributed by atoms with Crippen LogP contribution in [0.3, 0.4) is 0 Å². The Labute approximate surface area is 177 Å². The van der Waals surface area contributed by atoms with E-state index in [1.807, 2.05) is 0 Å². The summed E-state index contributed by atoms with van der Waals surface area (Å²) in [5, 5.41) is 42.1. The average Bonchev–Trinajstić information content (AvgIpc) is 2.68. The molecule has 0 aliphatic carbocycles. The molecule has 2 atom stereocenters. The molecule has 1 aliphatic heterocycles. The van der Waals surface area contributed by atoms with E-state index in [-0.39, 0.29) is 32.3 Å². The number of benzene rings is 2. The van der Waals surface area contributed by atoms with E-state index in [1.165, 1.54) is 36.4 Å². The number of rotatable bonds is 3. The lowest BCUT2D eigenvalue weighted by atomic mass is 9.87. The standard InChI is InChI=1S/C20H12Cl2O8/c21-7-1-3-11-9(5-7)16(23)14(19(27)29-11)13(18(25)26)15-17(24)10-6-8(22)2-4-12(10)30-20(15)28/h1-6,13,19,23-24,27H,(H,25,26). The van der Waals surface area contributed by atoms with E-state index in [4.69, 9.17) is 32.4 Å². The van der Waals surface area contributed by atoms with Gasteiger partial charge in [0, 0.05) is 10.0 Å². The third kappa shape index (κ3) is 3.15. The molecular weight excluding hydrogens is 439 g/mol. The zero-order chi connectivity index (χ0) is 21.7. The van der Waals surface area contributed by atoms with E-state index in [0.29, 0.717) is 0 Å². The maximum Gasteiger partial charge on any atom is 0.344 e. The fourth-order valence-electron chi connectivity index (χ4n) is 3.36. The number of hydrogen-bond donors (Lipinski definition) is 4. The molecule has 3 aromatic rings. The highest BCUT2D eigenvalue weighted by atomic mass is 35.5. The molecule has 1 aliphatic rings. The number of aliphatic hydroxyl groups excluding tert-OH is 2. The number of aliphatic carboxylic acids is 1. The van der Waals surface area contributed by atoms with Crippen LogP contribution < -0.4 is 10.4 Å². The number of carboxylic acids is 1. The van der Waals surface area contributed by atoms with E-state index in [0.717, 1.165) is 0 Å². The molecule has 0 amide bonds. The van der Waals surface area contributed by atoms with E-state index < -0.39 is 46.4 Å². The van der Waals surface area contributed by atoms with Gasteiger partial charge in [-0.15, -0.1) is 0 Å². The highest BCUT2D eigenvalue weighted by Crippen LogP contribution is 2.43. The van der Waals surface area contributed by atoms with Gasteiger partial charge in [-0.25, -0.2) is 4.79 Å². The predicted octanol–water partition coefficient (Wildman–Crippen LogP) is 3.65. The zero-order valence-corrected chi connectivity index (χ0v) is 16.3. The Morgan fingerprint density at radius 1 is 1.07 bits per heavy atom. The number of aromatic hydroxyl groups is 1. The van der Waals surface area contributed by atoms with Gasteiger partial charge in [0.2, 0.25) is 6.29 Å². The Morgan fingerprint density at radius 3 is 2.43 bits per heavy atom.